The number of aromatic nitrogens is 1. The second-order valence-electron chi connectivity index (χ2n) is 3.43. The number of nitrogens with one attached hydrogen (secondary N) is 1. The molecule has 3 nitrogen and oxygen atoms in total. The fourth-order valence-electron chi connectivity index (χ4n) is 1.29. The van der Waals surface area contributed by atoms with Crippen LogP contribution in [0.2, 0.25) is 0 Å². The highest BCUT2D eigenvalue weighted by Crippen LogP contribution is 2.10. The van der Waals surface area contributed by atoms with E-state index in [4.69, 9.17) is 5.11 Å². The lowest BCUT2D eigenvalue weighted by molar-refractivity contribution is 0.283. The van der Waals surface area contributed by atoms with Gasteiger partial charge in [0.1, 0.15) is 5.82 Å². The lowest BCUT2D eigenvalue weighted by atomic mass is 10.2. The van der Waals surface area contributed by atoms with Crippen molar-refractivity contribution in [1.29, 1.82) is 0 Å². The van der Waals surface area contributed by atoms with Crippen LogP contribution < -0.4 is 5.32 Å². The first kappa shape index (κ1) is 12.5. The Labute approximate surface area is 99.1 Å². The van der Waals surface area contributed by atoms with E-state index in [2.05, 4.69) is 26.2 Å². The van der Waals surface area contributed by atoms with Crippen LogP contribution in [0, 0.1) is 0 Å². The Balaban J connectivity index is 2.07. The lowest BCUT2D eigenvalue weighted by Crippen LogP contribution is -2.02. The van der Waals surface area contributed by atoms with E-state index in [0.29, 0.717) is 6.61 Å². The molecular weight excluding hydrogens is 256 g/mol. The van der Waals surface area contributed by atoms with Gasteiger partial charge in [-0.05, 0) is 40.9 Å². The Morgan fingerprint density at radius 3 is 2.67 bits per heavy atom. The van der Waals surface area contributed by atoms with Gasteiger partial charge < -0.3 is 10.4 Å². The first-order chi connectivity index (χ1) is 7.33. The van der Waals surface area contributed by atoms with Crippen LogP contribution in [0.25, 0.3) is 0 Å². The maximum absolute atomic E-state index is 8.60. The highest BCUT2D eigenvalue weighted by Gasteiger charge is 1.93. The third-order valence-electron chi connectivity index (χ3n) is 2.12. The molecule has 2 N–H and O–H groups in total. The summed E-state index contributed by atoms with van der Waals surface area (Å²) in [7, 11) is 0. The minimum Gasteiger partial charge on any atom is -0.396 e. The standard InChI is InChI=1S/C11H17BrN2O/c12-10-5-6-11(14-9-10)13-7-3-1-2-4-8-15/h5-6,9,15H,1-4,7-8H2,(H,13,14). The predicted molar refractivity (Wildman–Crippen MR) is 66.0 cm³/mol. The lowest BCUT2D eigenvalue weighted by Gasteiger charge is -2.04. The highest BCUT2D eigenvalue weighted by molar-refractivity contribution is 9.10. The monoisotopic (exact) mass is 272 g/mol. The molecule has 0 bridgehead atoms. The minimum atomic E-state index is 0.307. The number of unbranched alkanes of at least 4 members (excludes halogenated alkanes) is 3. The first-order valence-electron chi connectivity index (χ1n) is 5.29. The van der Waals surface area contributed by atoms with Gasteiger partial charge in [0.15, 0.2) is 0 Å². The predicted octanol–water partition coefficient (Wildman–Crippen LogP) is 2.81. The minimum absolute atomic E-state index is 0.307. The highest BCUT2D eigenvalue weighted by atomic mass is 79.9. The number of anilines is 1. The number of aliphatic hydroxyl groups excluding tert-OH is 1. The summed E-state index contributed by atoms with van der Waals surface area (Å²) in [6.07, 6.45) is 6.08. The van der Waals surface area contributed by atoms with Crippen LogP contribution >= 0.6 is 15.9 Å². The number of pyridine rings is 1. The van der Waals surface area contributed by atoms with Crippen LogP contribution in [0.15, 0.2) is 22.8 Å². The fraction of sp³-hybridized carbons (Fsp3) is 0.545. The molecule has 0 amide bonds. The smallest absolute Gasteiger partial charge is 0.125 e. The van der Waals surface area contributed by atoms with E-state index >= 15 is 0 Å². The number of rotatable bonds is 7. The van der Waals surface area contributed by atoms with Crippen molar-refractivity contribution in [3.63, 3.8) is 0 Å². The summed E-state index contributed by atoms with van der Waals surface area (Å²) in [6.45, 7) is 1.25. The third-order valence-corrected chi connectivity index (χ3v) is 2.59. The molecule has 84 valence electrons. The number of hydrogen-bond acceptors (Lipinski definition) is 3. The molecule has 15 heavy (non-hydrogen) atoms. The summed E-state index contributed by atoms with van der Waals surface area (Å²) >= 11 is 3.34. The second kappa shape index (κ2) is 7.65. The van der Waals surface area contributed by atoms with Crippen molar-refractivity contribution < 1.29 is 5.11 Å². The molecule has 0 saturated carbocycles. The number of aliphatic hydroxyl groups is 1. The van der Waals surface area contributed by atoms with Crippen molar-refractivity contribution in [1.82, 2.24) is 4.98 Å². The van der Waals surface area contributed by atoms with Crippen LogP contribution in [-0.4, -0.2) is 23.2 Å². The van der Waals surface area contributed by atoms with E-state index in [1.165, 1.54) is 0 Å². The molecule has 0 radical (unpaired) electrons. The van der Waals surface area contributed by atoms with Gasteiger partial charge in [-0.1, -0.05) is 12.8 Å². The van der Waals surface area contributed by atoms with Gasteiger partial charge in [-0.15, -0.1) is 0 Å². The van der Waals surface area contributed by atoms with E-state index < -0.39 is 0 Å². The van der Waals surface area contributed by atoms with Gasteiger partial charge in [0.2, 0.25) is 0 Å². The van der Waals surface area contributed by atoms with Crippen molar-refractivity contribution >= 4 is 21.7 Å². The largest absolute Gasteiger partial charge is 0.396 e. The molecule has 0 aromatic carbocycles. The Morgan fingerprint density at radius 2 is 2.00 bits per heavy atom. The average molecular weight is 273 g/mol. The summed E-state index contributed by atoms with van der Waals surface area (Å²) < 4.78 is 0.996. The summed E-state index contributed by atoms with van der Waals surface area (Å²) in [5, 5.41) is 11.9. The molecule has 4 heteroatoms. The second-order valence-corrected chi connectivity index (χ2v) is 4.34. The van der Waals surface area contributed by atoms with Gasteiger partial charge in [0, 0.05) is 23.8 Å². The molecule has 0 aliphatic carbocycles. The molecule has 0 fully saturated rings. The van der Waals surface area contributed by atoms with E-state index in [-0.39, 0.29) is 0 Å². The SMILES string of the molecule is OCCCCCCNc1ccc(Br)cn1. The quantitative estimate of drug-likeness (QED) is 0.751. The molecule has 0 aliphatic rings. The molecular formula is C11H17BrN2O. The Morgan fingerprint density at radius 1 is 1.20 bits per heavy atom. The summed E-state index contributed by atoms with van der Waals surface area (Å²) in [5.41, 5.74) is 0. The van der Waals surface area contributed by atoms with Crippen molar-refractivity contribution in [3.8, 4) is 0 Å². The van der Waals surface area contributed by atoms with Crippen LogP contribution in [0.4, 0.5) is 5.82 Å². The van der Waals surface area contributed by atoms with Crippen LogP contribution in [0.1, 0.15) is 25.7 Å². The van der Waals surface area contributed by atoms with Gasteiger partial charge in [-0.2, -0.15) is 0 Å². The van der Waals surface area contributed by atoms with Crippen LogP contribution in [0.3, 0.4) is 0 Å². The summed E-state index contributed by atoms with van der Waals surface area (Å²) in [4.78, 5) is 4.21. The zero-order valence-corrected chi connectivity index (χ0v) is 10.3. The molecule has 0 saturated heterocycles. The number of nitrogens with zero attached hydrogens (tertiary/aromatic N) is 1. The maximum Gasteiger partial charge on any atom is 0.125 e. The molecule has 1 aromatic heterocycles. The maximum atomic E-state index is 8.60. The summed E-state index contributed by atoms with van der Waals surface area (Å²) in [5.74, 6) is 0.917. The Kier molecular flexibility index (Phi) is 6.36. The fourth-order valence-corrected chi connectivity index (χ4v) is 1.52. The first-order valence-corrected chi connectivity index (χ1v) is 6.08. The van der Waals surface area contributed by atoms with Crippen molar-refractivity contribution in [2.45, 2.75) is 25.7 Å². The molecule has 0 unspecified atom stereocenters. The molecule has 1 heterocycles. The normalized spacial score (nSPS) is 10.3. The van der Waals surface area contributed by atoms with Crippen molar-refractivity contribution in [3.05, 3.63) is 22.8 Å². The Bertz CT molecular complexity index is 264. The number of halogens is 1. The zero-order valence-electron chi connectivity index (χ0n) is 8.75. The van der Waals surface area contributed by atoms with Crippen molar-refractivity contribution in [2.75, 3.05) is 18.5 Å². The zero-order chi connectivity index (χ0) is 10.9. The Hall–Kier alpha value is -0.610. The van der Waals surface area contributed by atoms with E-state index in [1.807, 2.05) is 12.1 Å². The number of hydrogen-bond donors (Lipinski definition) is 2. The molecule has 0 spiro atoms. The summed E-state index contributed by atoms with van der Waals surface area (Å²) in [6, 6.07) is 3.93. The average Bonchev–Trinajstić information content (AvgIpc) is 2.26. The topological polar surface area (TPSA) is 45.1 Å². The molecule has 0 atom stereocenters. The van der Waals surface area contributed by atoms with Gasteiger partial charge in [0.05, 0.1) is 0 Å². The van der Waals surface area contributed by atoms with Crippen LogP contribution in [0.5, 0.6) is 0 Å². The molecule has 1 rings (SSSR count). The van der Waals surface area contributed by atoms with E-state index in [9.17, 15) is 0 Å². The third kappa shape index (κ3) is 5.74. The molecule has 0 aliphatic heterocycles. The van der Waals surface area contributed by atoms with Gasteiger partial charge >= 0.3 is 0 Å². The van der Waals surface area contributed by atoms with Gasteiger partial charge in [0.25, 0.3) is 0 Å². The van der Waals surface area contributed by atoms with Gasteiger partial charge in [-0.25, -0.2) is 4.98 Å². The van der Waals surface area contributed by atoms with Crippen LogP contribution in [-0.2, 0) is 0 Å². The molecule has 1 aromatic rings. The van der Waals surface area contributed by atoms with Gasteiger partial charge in [-0.3, -0.25) is 0 Å². The van der Waals surface area contributed by atoms with E-state index in [0.717, 1.165) is 42.5 Å². The van der Waals surface area contributed by atoms with E-state index in [1.54, 1.807) is 6.20 Å². The van der Waals surface area contributed by atoms with Crippen molar-refractivity contribution in [2.24, 2.45) is 0 Å².